The standard InChI is InChI=1S/C19H26ClN3O2S/c1-23-15(12-26-19(23)22-13-6-4-3-5-7-13)11-18(24)21-14-8-9-17(25-2)16(20)10-14/h8-10,13,15H,3-7,11-12H2,1-2H3,(H,21,24). The number of aliphatic imine (C=N–C) groups is 1. The number of hydrogen-bond donors (Lipinski definition) is 1. The van der Waals surface area contributed by atoms with E-state index in [4.69, 9.17) is 21.3 Å². The number of rotatable bonds is 5. The lowest BCUT2D eigenvalue weighted by Crippen LogP contribution is -2.34. The van der Waals surface area contributed by atoms with Crippen molar-refractivity contribution in [1.82, 2.24) is 4.90 Å². The molecule has 26 heavy (non-hydrogen) atoms. The quantitative estimate of drug-likeness (QED) is 0.802. The Kier molecular flexibility index (Phi) is 6.70. The Morgan fingerprint density at radius 2 is 2.15 bits per heavy atom. The van der Waals surface area contributed by atoms with Crippen LogP contribution in [0.4, 0.5) is 5.69 Å². The summed E-state index contributed by atoms with van der Waals surface area (Å²) >= 11 is 7.88. The lowest BCUT2D eigenvalue weighted by molar-refractivity contribution is -0.116. The van der Waals surface area contributed by atoms with E-state index in [1.54, 1.807) is 37.1 Å². The normalized spacial score (nSPS) is 22.7. The molecule has 142 valence electrons. The van der Waals surface area contributed by atoms with Gasteiger partial charge in [0.2, 0.25) is 5.91 Å². The minimum Gasteiger partial charge on any atom is -0.495 e. The molecular formula is C19H26ClN3O2S. The van der Waals surface area contributed by atoms with Crippen molar-refractivity contribution in [3.63, 3.8) is 0 Å². The van der Waals surface area contributed by atoms with Crippen molar-refractivity contribution >= 4 is 40.1 Å². The molecule has 1 N–H and O–H groups in total. The summed E-state index contributed by atoms with van der Waals surface area (Å²) in [4.78, 5) is 19.5. The van der Waals surface area contributed by atoms with Gasteiger partial charge >= 0.3 is 0 Å². The second-order valence-corrected chi connectivity index (χ2v) is 8.28. The van der Waals surface area contributed by atoms with Crippen molar-refractivity contribution in [1.29, 1.82) is 0 Å². The largest absolute Gasteiger partial charge is 0.495 e. The van der Waals surface area contributed by atoms with Crippen molar-refractivity contribution < 1.29 is 9.53 Å². The van der Waals surface area contributed by atoms with Crippen LogP contribution in [0.25, 0.3) is 0 Å². The molecular weight excluding hydrogens is 370 g/mol. The Balaban J connectivity index is 1.54. The first-order chi connectivity index (χ1) is 12.6. The van der Waals surface area contributed by atoms with Gasteiger partial charge in [-0.2, -0.15) is 0 Å². The van der Waals surface area contributed by atoms with Gasteiger partial charge in [0.05, 0.1) is 18.2 Å². The molecule has 1 aliphatic heterocycles. The molecule has 1 unspecified atom stereocenters. The topological polar surface area (TPSA) is 53.9 Å². The Morgan fingerprint density at radius 3 is 2.85 bits per heavy atom. The summed E-state index contributed by atoms with van der Waals surface area (Å²) in [6.07, 6.45) is 6.74. The number of nitrogens with one attached hydrogen (secondary N) is 1. The maximum atomic E-state index is 12.4. The Morgan fingerprint density at radius 1 is 1.38 bits per heavy atom. The molecule has 1 heterocycles. The number of methoxy groups -OCH3 is 1. The number of halogens is 1. The van der Waals surface area contributed by atoms with Crippen LogP contribution in [0.1, 0.15) is 38.5 Å². The van der Waals surface area contributed by atoms with Crippen LogP contribution in [0.15, 0.2) is 23.2 Å². The van der Waals surface area contributed by atoms with Crippen LogP contribution in [-0.2, 0) is 4.79 Å². The first-order valence-electron chi connectivity index (χ1n) is 9.13. The molecule has 2 aliphatic rings. The van der Waals surface area contributed by atoms with Gasteiger partial charge in [-0.3, -0.25) is 9.79 Å². The summed E-state index contributed by atoms with van der Waals surface area (Å²) in [5.41, 5.74) is 0.685. The maximum absolute atomic E-state index is 12.4. The highest BCUT2D eigenvalue weighted by Crippen LogP contribution is 2.29. The van der Waals surface area contributed by atoms with Crippen molar-refractivity contribution in [3.05, 3.63) is 23.2 Å². The van der Waals surface area contributed by atoms with Gasteiger partial charge in [-0.05, 0) is 31.0 Å². The average molecular weight is 396 g/mol. The molecule has 3 rings (SSSR count). The molecule has 0 bridgehead atoms. The van der Waals surface area contributed by atoms with Gasteiger partial charge in [0.15, 0.2) is 5.17 Å². The van der Waals surface area contributed by atoms with E-state index in [9.17, 15) is 4.79 Å². The number of amidine groups is 1. The van der Waals surface area contributed by atoms with Gasteiger partial charge in [0, 0.05) is 31.0 Å². The van der Waals surface area contributed by atoms with Crippen LogP contribution in [0.3, 0.4) is 0 Å². The monoisotopic (exact) mass is 395 g/mol. The van der Waals surface area contributed by atoms with Gasteiger partial charge in [-0.25, -0.2) is 0 Å². The molecule has 7 heteroatoms. The smallest absolute Gasteiger partial charge is 0.226 e. The summed E-state index contributed by atoms with van der Waals surface area (Å²) in [5, 5.41) is 4.50. The molecule has 1 aliphatic carbocycles. The van der Waals surface area contributed by atoms with Gasteiger partial charge in [-0.15, -0.1) is 0 Å². The van der Waals surface area contributed by atoms with E-state index in [0.717, 1.165) is 10.9 Å². The fraction of sp³-hybridized carbons (Fsp3) is 0.579. The highest BCUT2D eigenvalue weighted by molar-refractivity contribution is 8.14. The maximum Gasteiger partial charge on any atom is 0.226 e. The first kappa shape index (κ1) is 19.4. The molecule has 1 saturated carbocycles. The van der Waals surface area contributed by atoms with Crippen LogP contribution in [0, 0.1) is 0 Å². The molecule has 1 atom stereocenters. The lowest BCUT2D eigenvalue weighted by Gasteiger charge is -2.23. The van der Waals surface area contributed by atoms with Gasteiger partial charge in [0.1, 0.15) is 5.75 Å². The van der Waals surface area contributed by atoms with Crippen LogP contribution >= 0.6 is 23.4 Å². The number of thioether (sulfide) groups is 1. The predicted octanol–water partition coefficient (Wildman–Crippen LogP) is 4.41. The third-order valence-corrected chi connectivity index (χ3v) is 6.48. The van der Waals surface area contributed by atoms with Crippen molar-refractivity contribution in [3.8, 4) is 5.75 Å². The summed E-state index contributed by atoms with van der Waals surface area (Å²) in [5.74, 6) is 1.49. The Hall–Kier alpha value is -1.40. The molecule has 1 aromatic carbocycles. The van der Waals surface area contributed by atoms with E-state index in [2.05, 4.69) is 10.2 Å². The molecule has 0 spiro atoms. The molecule has 5 nitrogen and oxygen atoms in total. The third-order valence-electron chi connectivity index (χ3n) is 4.98. The summed E-state index contributed by atoms with van der Waals surface area (Å²) in [6.45, 7) is 0. The zero-order valence-corrected chi connectivity index (χ0v) is 16.9. The second kappa shape index (κ2) is 9.00. The zero-order chi connectivity index (χ0) is 18.5. The van der Waals surface area contributed by atoms with E-state index < -0.39 is 0 Å². The Bertz CT molecular complexity index is 677. The number of amides is 1. The number of carbonyl (C=O) groups is 1. The third kappa shape index (κ3) is 4.86. The van der Waals surface area contributed by atoms with Gasteiger partial charge in [-0.1, -0.05) is 42.6 Å². The first-order valence-corrected chi connectivity index (χ1v) is 10.5. The highest BCUT2D eigenvalue weighted by Gasteiger charge is 2.30. The molecule has 1 aromatic rings. The highest BCUT2D eigenvalue weighted by atomic mass is 35.5. The fourth-order valence-electron chi connectivity index (χ4n) is 3.40. The number of hydrogen-bond acceptors (Lipinski definition) is 4. The average Bonchev–Trinajstić information content (AvgIpc) is 2.96. The van der Waals surface area contributed by atoms with Crippen LogP contribution in [0.2, 0.25) is 5.02 Å². The zero-order valence-electron chi connectivity index (χ0n) is 15.3. The van der Waals surface area contributed by atoms with Crippen molar-refractivity contribution in [2.24, 2.45) is 4.99 Å². The number of ether oxygens (including phenoxy) is 1. The lowest BCUT2D eigenvalue weighted by atomic mass is 9.96. The van der Waals surface area contributed by atoms with E-state index in [-0.39, 0.29) is 11.9 Å². The minimum atomic E-state index is -0.0115. The number of nitrogens with zero attached hydrogens (tertiary/aromatic N) is 2. The van der Waals surface area contributed by atoms with E-state index >= 15 is 0 Å². The van der Waals surface area contributed by atoms with E-state index in [1.165, 1.54) is 32.1 Å². The second-order valence-electron chi connectivity index (χ2n) is 6.88. The molecule has 2 fully saturated rings. The SMILES string of the molecule is COc1ccc(NC(=O)CC2CSC(=NC3CCCCC3)N2C)cc1Cl. The van der Waals surface area contributed by atoms with Crippen LogP contribution in [0.5, 0.6) is 5.75 Å². The van der Waals surface area contributed by atoms with Crippen LogP contribution in [-0.4, -0.2) is 48.0 Å². The van der Waals surface area contributed by atoms with Gasteiger partial charge < -0.3 is 15.0 Å². The molecule has 0 radical (unpaired) electrons. The van der Waals surface area contributed by atoms with Crippen molar-refractivity contribution in [2.75, 3.05) is 25.2 Å². The fourth-order valence-corrected chi connectivity index (χ4v) is 4.92. The van der Waals surface area contributed by atoms with E-state index in [1.807, 2.05) is 7.05 Å². The van der Waals surface area contributed by atoms with Gasteiger partial charge in [0.25, 0.3) is 0 Å². The predicted molar refractivity (Wildman–Crippen MR) is 110 cm³/mol. The van der Waals surface area contributed by atoms with Crippen LogP contribution < -0.4 is 10.1 Å². The number of carbonyl (C=O) groups excluding carboxylic acids is 1. The molecule has 1 saturated heterocycles. The summed E-state index contributed by atoms with van der Waals surface area (Å²) in [6, 6.07) is 5.90. The van der Waals surface area contributed by atoms with E-state index in [0.29, 0.717) is 28.9 Å². The Labute approximate surface area is 164 Å². The number of anilines is 1. The molecule has 1 amide bonds. The molecule has 0 aromatic heterocycles. The summed E-state index contributed by atoms with van der Waals surface area (Å²) < 4.78 is 5.13. The minimum absolute atomic E-state index is 0.0115. The summed E-state index contributed by atoms with van der Waals surface area (Å²) in [7, 11) is 3.61. The van der Waals surface area contributed by atoms with Crippen molar-refractivity contribution in [2.45, 2.75) is 50.6 Å². The number of benzene rings is 1.